The Kier molecular flexibility index (Phi) is 7.89. The number of nitrogens with one attached hydrogen (secondary N) is 1. The molecular weight excluding hydrogens is 357 g/mol. The Morgan fingerprint density at radius 2 is 1.80 bits per heavy atom. The van der Waals surface area contributed by atoms with Gasteiger partial charge in [-0.25, -0.2) is 0 Å². The summed E-state index contributed by atoms with van der Waals surface area (Å²) in [6.07, 6.45) is 0. The summed E-state index contributed by atoms with van der Waals surface area (Å²) in [6, 6.07) is 11.4. The molecule has 0 unspecified atom stereocenters. The number of benzene rings is 2. The molecule has 0 aliphatic carbocycles. The fourth-order valence-electron chi connectivity index (χ4n) is 2.35. The lowest BCUT2D eigenvalue weighted by Gasteiger charge is -2.15. The van der Waals surface area contributed by atoms with Gasteiger partial charge < -0.3 is 14.8 Å². The van der Waals surface area contributed by atoms with Gasteiger partial charge in [-0.15, -0.1) is 0 Å². The summed E-state index contributed by atoms with van der Waals surface area (Å²) in [7, 11) is 0. The smallest absolute Gasteiger partial charge is 0.161 e. The molecule has 3 nitrogen and oxygen atoms in total. The zero-order chi connectivity index (χ0) is 18.2. The monoisotopic (exact) mass is 381 g/mol. The summed E-state index contributed by atoms with van der Waals surface area (Å²) in [5.41, 5.74) is 2.05. The van der Waals surface area contributed by atoms with Crippen LogP contribution in [-0.2, 0) is 13.2 Å². The summed E-state index contributed by atoms with van der Waals surface area (Å²) < 4.78 is 11.7. The van der Waals surface area contributed by atoms with Crippen LogP contribution in [0.25, 0.3) is 0 Å². The molecule has 0 aliphatic heterocycles. The minimum Gasteiger partial charge on any atom is -0.490 e. The van der Waals surface area contributed by atoms with E-state index in [1.807, 2.05) is 25.1 Å². The van der Waals surface area contributed by atoms with Gasteiger partial charge in [-0.2, -0.15) is 0 Å². The molecular formula is C20H25Cl2NO2. The molecule has 25 heavy (non-hydrogen) atoms. The molecule has 0 atom stereocenters. The quantitative estimate of drug-likeness (QED) is 0.602. The SMILES string of the molecule is CCOc1cc(CNCC(C)C)ccc1OCc1ccc(Cl)cc1Cl. The highest BCUT2D eigenvalue weighted by Gasteiger charge is 2.09. The molecule has 2 rings (SSSR count). The first-order valence-electron chi connectivity index (χ1n) is 8.52. The molecule has 5 heteroatoms. The van der Waals surface area contributed by atoms with Crippen molar-refractivity contribution in [3.63, 3.8) is 0 Å². The van der Waals surface area contributed by atoms with E-state index in [1.54, 1.807) is 12.1 Å². The lowest BCUT2D eigenvalue weighted by molar-refractivity contribution is 0.269. The molecule has 2 aromatic carbocycles. The predicted molar refractivity (Wildman–Crippen MR) is 105 cm³/mol. The normalized spacial score (nSPS) is 11.0. The van der Waals surface area contributed by atoms with E-state index in [-0.39, 0.29) is 0 Å². The van der Waals surface area contributed by atoms with Crippen LogP contribution in [0.1, 0.15) is 31.9 Å². The number of hydrogen-bond donors (Lipinski definition) is 1. The first kappa shape index (κ1) is 19.9. The molecule has 0 spiro atoms. The van der Waals surface area contributed by atoms with Gasteiger partial charge >= 0.3 is 0 Å². The third-order valence-electron chi connectivity index (χ3n) is 3.59. The zero-order valence-electron chi connectivity index (χ0n) is 14.9. The number of hydrogen-bond acceptors (Lipinski definition) is 3. The molecule has 2 aromatic rings. The van der Waals surface area contributed by atoms with Crippen molar-refractivity contribution in [3.8, 4) is 11.5 Å². The Bertz CT molecular complexity index is 689. The van der Waals surface area contributed by atoms with E-state index in [0.29, 0.717) is 34.9 Å². The largest absolute Gasteiger partial charge is 0.490 e. The van der Waals surface area contributed by atoms with Crippen molar-refractivity contribution < 1.29 is 9.47 Å². The maximum absolute atomic E-state index is 6.20. The Hall–Kier alpha value is -1.42. The van der Waals surface area contributed by atoms with Gasteiger partial charge in [-0.3, -0.25) is 0 Å². The Labute approximate surface area is 160 Å². The molecule has 0 aliphatic rings. The van der Waals surface area contributed by atoms with Crippen molar-refractivity contribution in [2.45, 2.75) is 33.9 Å². The minimum atomic E-state index is 0.362. The summed E-state index contributed by atoms with van der Waals surface area (Å²) in [6.45, 7) is 9.08. The van der Waals surface area contributed by atoms with Gasteiger partial charge in [-0.1, -0.05) is 49.2 Å². The van der Waals surface area contributed by atoms with E-state index >= 15 is 0 Å². The highest BCUT2D eigenvalue weighted by molar-refractivity contribution is 6.35. The van der Waals surface area contributed by atoms with Crippen molar-refractivity contribution in [1.82, 2.24) is 5.32 Å². The molecule has 1 N–H and O–H groups in total. The third-order valence-corrected chi connectivity index (χ3v) is 4.17. The van der Waals surface area contributed by atoms with Crippen LogP contribution in [-0.4, -0.2) is 13.2 Å². The molecule has 0 radical (unpaired) electrons. The second kappa shape index (κ2) is 9.91. The Morgan fingerprint density at radius 1 is 1.00 bits per heavy atom. The molecule has 0 fully saturated rings. The maximum Gasteiger partial charge on any atom is 0.161 e. The van der Waals surface area contributed by atoms with E-state index in [2.05, 4.69) is 25.2 Å². The van der Waals surface area contributed by atoms with E-state index in [4.69, 9.17) is 32.7 Å². The topological polar surface area (TPSA) is 30.5 Å². The van der Waals surface area contributed by atoms with Crippen LogP contribution in [0.3, 0.4) is 0 Å². The lowest BCUT2D eigenvalue weighted by Crippen LogP contribution is -2.19. The fourth-order valence-corrected chi connectivity index (χ4v) is 2.81. The Morgan fingerprint density at radius 3 is 2.48 bits per heavy atom. The average molecular weight is 382 g/mol. The number of ether oxygens (including phenoxy) is 2. The van der Waals surface area contributed by atoms with Crippen LogP contribution < -0.4 is 14.8 Å². The van der Waals surface area contributed by atoms with Crippen LogP contribution in [0.15, 0.2) is 36.4 Å². The fraction of sp³-hybridized carbons (Fsp3) is 0.400. The number of rotatable bonds is 9. The zero-order valence-corrected chi connectivity index (χ0v) is 16.5. The van der Waals surface area contributed by atoms with Crippen molar-refractivity contribution in [2.75, 3.05) is 13.2 Å². The van der Waals surface area contributed by atoms with Gasteiger partial charge in [0.25, 0.3) is 0 Å². The average Bonchev–Trinajstić information content (AvgIpc) is 2.55. The van der Waals surface area contributed by atoms with E-state index in [1.165, 1.54) is 5.56 Å². The first-order chi connectivity index (χ1) is 12.0. The molecule has 0 heterocycles. The summed E-state index contributed by atoms with van der Waals surface area (Å²) in [5, 5.41) is 4.64. The molecule has 136 valence electrons. The van der Waals surface area contributed by atoms with Gasteiger partial charge in [0.05, 0.1) is 6.61 Å². The Balaban J connectivity index is 2.05. The summed E-state index contributed by atoms with van der Waals surface area (Å²) in [5.74, 6) is 2.08. The van der Waals surface area contributed by atoms with Crippen molar-refractivity contribution in [3.05, 3.63) is 57.6 Å². The van der Waals surface area contributed by atoms with Crippen molar-refractivity contribution in [2.24, 2.45) is 5.92 Å². The van der Waals surface area contributed by atoms with Gasteiger partial charge in [-0.05, 0) is 49.2 Å². The molecule has 0 saturated heterocycles. The summed E-state index contributed by atoms with van der Waals surface area (Å²) in [4.78, 5) is 0. The maximum atomic E-state index is 6.20. The van der Waals surface area contributed by atoms with Crippen molar-refractivity contribution in [1.29, 1.82) is 0 Å². The highest BCUT2D eigenvalue weighted by atomic mass is 35.5. The molecule has 0 saturated carbocycles. The minimum absolute atomic E-state index is 0.362. The van der Waals surface area contributed by atoms with E-state index in [9.17, 15) is 0 Å². The van der Waals surface area contributed by atoms with Crippen LogP contribution >= 0.6 is 23.2 Å². The first-order valence-corrected chi connectivity index (χ1v) is 9.28. The summed E-state index contributed by atoms with van der Waals surface area (Å²) >= 11 is 12.1. The third kappa shape index (κ3) is 6.43. The standard InChI is InChI=1S/C20H25Cl2NO2/c1-4-24-20-9-15(12-23-11-14(2)3)5-8-19(20)25-13-16-6-7-17(21)10-18(16)22/h5-10,14,23H,4,11-13H2,1-3H3. The van der Waals surface area contributed by atoms with Crippen LogP contribution in [0.2, 0.25) is 10.0 Å². The van der Waals surface area contributed by atoms with Gasteiger partial charge in [0, 0.05) is 22.2 Å². The second-order valence-electron chi connectivity index (χ2n) is 6.26. The van der Waals surface area contributed by atoms with E-state index < -0.39 is 0 Å². The number of halogens is 2. The van der Waals surface area contributed by atoms with Gasteiger partial charge in [0.1, 0.15) is 6.61 Å². The lowest BCUT2D eigenvalue weighted by atomic mass is 10.1. The van der Waals surface area contributed by atoms with Crippen LogP contribution in [0, 0.1) is 5.92 Å². The van der Waals surface area contributed by atoms with Gasteiger partial charge in [0.2, 0.25) is 0 Å². The second-order valence-corrected chi connectivity index (χ2v) is 7.11. The van der Waals surface area contributed by atoms with E-state index in [0.717, 1.165) is 24.4 Å². The highest BCUT2D eigenvalue weighted by Crippen LogP contribution is 2.30. The van der Waals surface area contributed by atoms with Crippen LogP contribution in [0.5, 0.6) is 11.5 Å². The van der Waals surface area contributed by atoms with Crippen molar-refractivity contribution >= 4 is 23.2 Å². The molecule has 0 bridgehead atoms. The van der Waals surface area contributed by atoms with Crippen LogP contribution in [0.4, 0.5) is 0 Å². The predicted octanol–water partition coefficient (Wildman–Crippen LogP) is 5.72. The molecule has 0 amide bonds. The van der Waals surface area contributed by atoms with Gasteiger partial charge in [0.15, 0.2) is 11.5 Å². The molecule has 0 aromatic heterocycles.